The molecule has 0 fully saturated rings. The van der Waals surface area contributed by atoms with Gasteiger partial charge in [-0.05, 0) is 47.7 Å². The van der Waals surface area contributed by atoms with Crippen molar-refractivity contribution in [2.45, 2.75) is 96.4 Å². The summed E-state index contributed by atoms with van der Waals surface area (Å²) in [7, 11) is 2.01. The third-order valence-corrected chi connectivity index (χ3v) is 11.0. The SMILES string of the molecule is COCCOCCCC(=O)[C@@H](CCC(=O)OB=N)NC(=O)[C@H](CCC(=O)OCc1ccccc1)CC(=O)[C@@H](Cc1ccccc1)NC(=O)[C@@H](CC(C)=O)Cc1ccc(OCc2ccccc2)cc1. The molecule has 16 heteroatoms. The molecule has 0 saturated carbocycles. The summed E-state index contributed by atoms with van der Waals surface area (Å²) in [6.07, 6.45) is -0.853. The molecular weight excluding hydrogens is 869 g/mol. The number of rotatable bonds is 33. The molecule has 4 aromatic rings. The van der Waals surface area contributed by atoms with Gasteiger partial charge < -0.3 is 14.3 Å². The van der Waals surface area contributed by atoms with Gasteiger partial charge >= 0.3 is 180 Å². The van der Waals surface area contributed by atoms with E-state index in [1.807, 2.05) is 54.6 Å². The molecule has 68 heavy (non-hydrogen) atoms. The second-order valence-corrected chi connectivity index (χ2v) is 16.4. The molecule has 0 aliphatic rings. The van der Waals surface area contributed by atoms with E-state index in [4.69, 9.17) is 24.3 Å². The molecule has 4 rings (SSSR count). The summed E-state index contributed by atoms with van der Waals surface area (Å²) in [5.74, 6) is -5.19. The Hall–Kier alpha value is -6.65. The molecule has 360 valence electrons. The van der Waals surface area contributed by atoms with Crippen LogP contribution in [0.25, 0.3) is 0 Å². The Labute approximate surface area is 398 Å². The first kappa shape index (κ1) is 54.0. The van der Waals surface area contributed by atoms with Crippen molar-refractivity contribution >= 4 is 48.4 Å². The van der Waals surface area contributed by atoms with Crippen LogP contribution in [0, 0.1) is 17.1 Å². The topological polar surface area (TPSA) is 214 Å². The molecule has 0 unspecified atom stereocenters. The van der Waals surface area contributed by atoms with E-state index in [9.17, 15) is 33.6 Å². The van der Waals surface area contributed by atoms with Crippen LogP contribution in [0.2, 0.25) is 0 Å². The van der Waals surface area contributed by atoms with E-state index >= 15 is 0 Å². The van der Waals surface area contributed by atoms with Crippen LogP contribution >= 0.6 is 0 Å². The fourth-order valence-corrected chi connectivity index (χ4v) is 7.31. The number of methoxy groups -OCH3 is 1. The van der Waals surface area contributed by atoms with Gasteiger partial charge in [0.15, 0.2) is 0 Å². The number of nitrogens with one attached hydrogen (secondary N) is 3. The predicted octanol–water partition coefficient (Wildman–Crippen LogP) is 6.43. The Bertz CT molecular complexity index is 2210. The molecular formula is C52H62BN3O12. The molecule has 15 nitrogen and oxygen atoms in total. The quantitative estimate of drug-likeness (QED) is 0.0268. The summed E-state index contributed by atoms with van der Waals surface area (Å²) in [6.45, 7) is 2.70. The van der Waals surface area contributed by atoms with Gasteiger partial charge in [-0.15, -0.1) is 0 Å². The van der Waals surface area contributed by atoms with Crippen molar-refractivity contribution in [1.82, 2.24) is 10.6 Å². The van der Waals surface area contributed by atoms with Crippen LogP contribution in [-0.2, 0) is 78.5 Å². The molecule has 4 atom stereocenters. The number of ether oxygens (including phenoxy) is 4. The van der Waals surface area contributed by atoms with Crippen LogP contribution in [0.5, 0.6) is 5.75 Å². The number of hydrogen-bond acceptors (Lipinski definition) is 13. The fourth-order valence-electron chi connectivity index (χ4n) is 7.31. The minimum atomic E-state index is -1.18. The van der Waals surface area contributed by atoms with Crippen LogP contribution in [0.1, 0.15) is 80.5 Å². The van der Waals surface area contributed by atoms with Crippen LogP contribution in [-0.4, -0.2) is 87.4 Å². The first-order chi connectivity index (χ1) is 32.9. The molecule has 4 aromatic carbocycles. The van der Waals surface area contributed by atoms with E-state index in [-0.39, 0.29) is 70.4 Å². The third kappa shape index (κ3) is 20.9. The van der Waals surface area contributed by atoms with Crippen molar-refractivity contribution in [1.29, 1.82) is 5.31 Å². The van der Waals surface area contributed by atoms with E-state index in [1.54, 1.807) is 60.7 Å². The maximum absolute atomic E-state index is 14.6. The van der Waals surface area contributed by atoms with Crippen LogP contribution in [0.3, 0.4) is 0 Å². The fraction of sp³-hybridized carbons (Fsp3) is 0.404. The minimum absolute atomic E-state index is 0.00807. The van der Waals surface area contributed by atoms with E-state index in [0.717, 1.165) is 22.3 Å². The zero-order valence-corrected chi connectivity index (χ0v) is 38.9. The summed E-state index contributed by atoms with van der Waals surface area (Å²) < 4.78 is 26.5. The van der Waals surface area contributed by atoms with Gasteiger partial charge in [0.2, 0.25) is 5.91 Å². The van der Waals surface area contributed by atoms with Crippen molar-refractivity contribution in [3.8, 4) is 5.75 Å². The van der Waals surface area contributed by atoms with Gasteiger partial charge in [-0.2, -0.15) is 0 Å². The standard InChI is InChI=1S/C52H62BN3O12/c1-37(57)31-43(32-39-20-23-44(24-21-39)66-35-40-15-8-4-9-16-40)52(63)56-46(33-38-13-6-3-7-14-38)48(59)34-42(22-26-49(60)67-36-41-17-10-5-11-18-41)51(62)55-45(25-27-50(61)68-53-54)47(58)19-12-28-65-30-29-64-2/h3-11,13-18,20-21,23-24,42-43,45-46,54H,12,19,22,25-36H2,1-2H3,(H,55,62)(H,56,63)/t42-,43+,45-,46-/m1/s1. The Morgan fingerprint density at radius 3 is 1.76 bits per heavy atom. The molecule has 0 spiro atoms. The molecule has 0 aromatic heterocycles. The Balaban J connectivity index is 1.55. The van der Waals surface area contributed by atoms with Gasteiger partial charge in [0.1, 0.15) is 24.7 Å². The van der Waals surface area contributed by atoms with Crippen molar-refractivity contribution in [3.63, 3.8) is 0 Å². The first-order valence-electron chi connectivity index (χ1n) is 22.8. The minimum Gasteiger partial charge on any atom is -0.489 e. The second-order valence-electron chi connectivity index (χ2n) is 16.4. The zero-order chi connectivity index (χ0) is 48.9. The van der Waals surface area contributed by atoms with Crippen molar-refractivity contribution in [3.05, 3.63) is 138 Å². The normalized spacial score (nSPS) is 12.6. The zero-order valence-electron chi connectivity index (χ0n) is 38.9. The summed E-state index contributed by atoms with van der Waals surface area (Å²) in [6, 6.07) is 32.7. The third-order valence-electron chi connectivity index (χ3n) is 11.0. The summed E-state index contributed by atoms with van der Waals surface area (Å²) in [5, 5.41) is 12.7. The Kier molecular flexibility index (Phi) is 24.3. The van der Waals surface area contributed by atoms with E-state index in [2.05, 4.69) is 15.3 Å². The van der Waals surface area contributed by atoms with Crippen molar-refractivity contribution in [2.75, 3.05) is 26.9 Å². The van der Waals surface area contributed by atoms with Gasteiger partial charge in [0.05, 0.1) is 0 Å². The second kappa shape index (κ2) is 30.6. The average Bonchev–Trinajstić information content (AvgIpc) is 3.34. The molecule has 0 bridgehead atoms. The molecule has 0 heterocycles. The van der Waals surface area contributed by atoms with Crippen molar-refractivity contribution < 1.29 is 57.2 Å². The molecule has 0 aliphatic carbocycles. The maximum atomic E-state index is 14.6. The summed E-state index contributed by atoms with van der Waals surface area (Å²) in [5.41, 5.74) is 3.26. The molecule has 0 saturated heterocycles. The van der Waals surface area contributed by atoms with Crippen LogP contribution in [0.4, 0.5) is 0 Å². The Morgan fingerprint density at radius 1 is 0.574 bits per heavy atom. The van der Waals surface area contributed by atoms with Crippen LogP contribution in [0.15, 0.2) is 115 Å². The number of ketones is 3. The van der Waals surface area contributed by atoms with E-state index in [0.29, 0.717) is 39.3 Å². The number of hydrogen-bond donors (Lipinski definition) is 3. The van der Waals surface area contributed by atoms with Gasteiger partial charge in [0.25, 0.3) is 0 Å². The van der Waals surface area contributed by atoms with Gasteiger partial charge in [-0.3, -0.25) is 4.79 Å². The molecule has 3 N–H and O–H groups in total. The van der Waals surface area contributed by atoms with Crippen molar-refractivity contribution in [2.24, 2.45) is 11.8 Å². The monoisotopic (exact) mass is 931 g/mol. The van der Waals surface area contributed by atoms with Gasteiger partial charge in [0, 0.05) is 19.4 Å². The number of carbonyl (C=O) groups is 7. The molecule has 2 amide bonds. The smallest absolute Gasteiger partial charge is 0.489 e. The number of benzene rings is 4. The summed E-state index contributed by atoms with van der Waals surface area (Å²) in [4.78, 5) is 94.5. The Morgan fingerprint density at radius 2 is 1.15 bits per heavy atom. The van der Waals surface area contributed by atoms with E-state index < -0.39 is 65.7 Å². The first-order valence-corrected chi connectivity index (χ1v) is 22.8. The van der Waals surface area contributed by atoms with Gasteiger partial charge in [-0.25, -0.2) is 0 Å². The predicted molar refractivity (Wildman–Crippen MR) is 253 cm³/mol. The molecule has 0 aliphatic heterocycles. The average molecular weight is 932 g/mol. The number of carbonyl (C=O) groups excluding carboxylic acids is 7. The molecule has 0 radical (unpaired) electrons. The number of amides is 2. The summed E-state index contributed by atoms with van der Waals surface area (Å²) >= 11 is 0. The number of esters is 1. The van der Waals surface area contributed by atoms with Gasteiger partial charge in [-0.1, -0.05) is 103 Å². The number of Topliss-reactive ketones (excluding diaryl/α,β-unsaturated/α-hetero) is 3. The van der Waals surface area contributed by atoms with E-state index in [1.165, 1.54) is 14.0 Å². The van der Waals surface area contributed by atoms with Crippen LogP contribution < -0.4 is 15.4 Å².